The third-order valence-electron chi connectivity index (χ3n) is 4.95. The zero-order valence-electron chi connectivity index (χ0n) is 15.0. The van der Waals surface area contributed by atoms with Gasteiger partial charge in [-0.15, -0.1) is 0 Å². The molecule has 1 aliphatic heterocycles. The lowest BCUT2D eigenvalue weighted by Crippen LogP contribution is -2.30. The van der Waals surface area contributed by atoms with E-state index in [0.717, 1.165) is 24.1 Å². The molecule has 1 aliphatic rings. The highest BCUT2D eigenvalue weighted by atomic mass is 32.2. The van der Waals surface area contributed by atoms with Crippen molar-refractivity contribution in [3.8, 4) is 0 Å². The molecule has 1 aromatic rings. The molecule has 0 bridgehead atoms. The minimum Gasteiger partial charge on any atom is -0.481 e. The highest BCUT2D eigenvalue weighted by Crippen LogP contribution is 2.41. The molecular formula is C18H27NO5S. The Morgan fingerprint density at radius 2 is 1.92 bits per heavy atom. The average molecular weight is 369 g/mol. The van der Waals surface area contributed by atoms with Gasteiger partial charge in [-0.2, -0.15) is 8.42 Å². The van der Waals surface area contributed by atoms with Gasteiger partial charge in [0.1, 0.15) is 0 Å². The summed E-state index contributed by atoms with van der Waals surface area (Å²) in [5.41, 5.74) is 1.80. The summed E-state index contributed by atoms with van der Waals surface area (Å²) in [4.78, 5) is 10.6. The van der Waals surface area contributed by atoms with Crippen molar-refractivity contribution in [2.24, 2.45) is 0 Å². The van der Waals surface area contributed by atoms with Crippen molar-refractivity contribution in [1.82, 2.24) is 0 Å². The number of carboxylic acids is 1. The fraction of sp³-hybridized carbons (Fsp3) is 0.611. The second kappa shape index (κ2) is 7.74. The minimum absolute atomic E-state index is 0.116. The number of unbranched alkanes of at least 4 members (excludes halogenated alkanes) is 3. The van der Waals surface area contributed by atoms with E-state index >= 15 is 0 Å². The van der Waals surface area contributed by atoms with Crippen LogP contribution in [0.25, 0.3) is 0 Å². The largest absolute Gasteiger partial charge is 0.481 e. The standard InChI is InChI=1S/C18H27NO5S/c1-13-18(2,3)15-12-14(9-10-16(15)19-13)25(22,23)24-11-7-5-4-6-8-17(20)21/h9-10,12-13,19H,4-8,11H2,1-3H3,(H,20,21). The molecule has 7 heteroatoms. The predicted molar refractivity (Wildman–Crippen MR) is 96.4 cm³/mol. The maximum atomic E-state index is 12.4. The van der Waals surface area contributed by atoms with Crippen LogP contribution in [0.4, 0.5) is 5.69 Å². The van der Waals surface area contributed by atoms with Crippen LogP contribution in [0.15, 0.2) is 23.1 Å². The number of anilines is 1. The summed E-state index contributed by atoms with van der Waals surface area (Å²) in [5.74, 6) is -0.804. The summed E-state index contributed by atoms with van der Waals surface area (Å²) in [6.45, 7) is 6.37. The normalized spacial score (nSPS) is 18.6. The second-order valence-electron chi connectivity index (χ2n) is 7.13. The van der Waals surface area contributed by atoms with Crippen molar-refractivity contribution in [2.45, 2.75) is 69.2 Å². The van der Waals surface area contributed by atoms with Crippen LogP contribution in [0, 0.1) is 0 Å². The van der Waals surface area contributed by atoms with Crippen LogP contribution in [-0.2, 0) is 24.5 Å². The number of hydrogen-bond acceptors (Lipinski definition) is 5. The molecule has 0 amide bonds. The zero-order valence-corrected chi connectivity index (χ0v) is 15.9. The van der Waals surface area contributed by atoms with E-state index in [1.807, 2.05) is 0 Å². The number of rotatable bonds is 9. The lowest BCUT2D eigenvalue weighted by Gasteiger charge is -2.24. The third-order valence-corrected chi connectivity index (χ3v) is 6.26. The molecular weight excluding hydrogens is 342 g/mol. The second-order valence-corrected chi connectivity index (χ2v) is 8.74. The lowest BCUT2D eigenvalue weighted by molar-refractivity contribution is -0.137. The number of benzene rings is 1. The van der Waals surface area contributed by atoms with Gasteiger partial charge in [0.2, 0.25) is 0 Å². The molecule has 2 rings (SSSR count). The van der Waals surface area contributed by atoms with Gasteiger partial charge in [-0.25, -0.2) is 0 Å². The van der Waals surface area contributed by atoms with E-state index in [1.54, 1.807) is 18.2 Å². The summed E-state index contributed by atoms with van der Waals surface area (Å²) < 4.78 is 29.9. The number of carbonyl (C=O) groups is 1. The van der Waals surface area contributed by atoms with E-state index in [9.17, 15) is 13.2 Å². The van der Waals surface area contributed by atoms with Crippen molar-refractivity contribution >= 4 is 21.8 Å². The van der Waals surface area contributed by atoms with Gasteiger partial charge >= 0.3 is 5.97 Å². The van der Waals surface area contributed by atoms with E-state index < -0.39 is 16.1 Å². The molecule has 1 unspecified atom stereocenters. The van der Waals surface area contributed by atoms with Gasteiger partial charge in [0.25, 0.3) is 10.1 Å². The summed E-state index contributed by atoms with van der Waals surface area (Å²) >= 11 is 0. The Hall–Kier alpha value is -1.60. The zero-order chi connectivity index (χ0) is 18.7. The van der Waals surface area contributed by atoms with E-state index in [0.29, 0.717) is 12.8 Å². The first-order valence-corrected chi connectivity index (χ1v) is 10.1. The van der Waals surface area contributed by atoms with Crippen LogP contribution >= 0.6 is 0 Å². The van der Waals surface area contributed by atoms with E-state index in [-0.39, 0.29) is 29.4 Å². The molecule has 25 heavy (non-hydrogen) atoms. The summed E-state index contributed by atoms with van der Waals surface area (Å²) in [6.07, 6.45) is 2.85. The summed E-state index contributed by atoms with van der Waals surface area (Å²) in [7, 11) is -3.78. The summed E-state index contributed by atoms with van der Waals surface area (Å²) in [6, 6.07) is 5.30. The number of aliphatic carboxylic acids is 1. The Morgan fingerprint density at radius 3 is 2.60 bits per heavy atom. The highest BCUT2D eigenvalue weighted by molar-refractivity contribution is 7.86. The van der Waals surface area contributed by atoms with Crippen LogP contribution in [0.3, 0.4) is 0 Å². The van der Waals surface area contributed by atoms with Crippen LogP contribution in [0.1, 0.15) is 58.4 Å². The average Bonchev–Trinajstić information content (AvgIpc) is 2.75. The smallest absolute Gasteiger partial charge is 0.303 e. The van der Waals surface area contributed by atoms with Gasteiger partial charge in [0, 0.05) is 23.6 Å². The van der Waals surface area contributed by atoms with Crippen LogP contribution in [-0.4, -0.2) is 32.1 Å². The quantitative estimate of drug-likeness (QED) is 0.511. The maximum absolute atomic E-state index is 12.4. The monoisotopic (exact) mass is 369 g/mol. The first kappa shape index (κ1) is 19.7. The Kier molecular flexibility index (Phi) is 6.11. The number of hydrogen-bond donors (Lipinski definition) is 2. The van der Waals surface area contributed by atoms with Crippen molar-refractivity contribution in [3.63, 3.8) is 0 Å². The molecule has 2 N–H and O–H groups in total. The summed E-state index contributed by atoms with van der Waals surface area (Å²) in [5, 5.41) is 11.9. The number of nitrogens with one attached hydrogen (secondary N) is 1. The van der Waals surface area contributed by atoms with Crippen molar-refractivity contribution in [1.29, 1.82) is 0 Å². The van der Waals surface area contributed by atoms with Crippen LogP contribution in [0.5, 0.6) is 0 Å². The van der Waals surface area contributed by atoms with Crippen LogP contribution < -0.4 is 5.32 Å². The fourth-order valence-electron chi connectivity index (χ4n) is 2.95. The maximum Gasteiger partial charge on any atom is 0.303 e. The molecule has 0 saturated carbocycles. The molecule has 1 atom stereocenters. The first-order valence-electron chi connectivity index (χ1n) is 8.67. The van der Waals surface area contributed by atoms with Crippen molar-refractivity contribution in [3.05, 3.63) is 23.8 Å². The molecule has 140 valence electrons. The number of carboxylic acid groups (broad SMARTS) is 1. The number of fused-ring (bicyclic) bond motifs is 1. The SMILES string of the molecule is CC1Nc2ccc(S(=O)(=O)OCCCCCCC(=O)O)cc2C1(C)C. The molecule has 0 saturated heterocycles. The molecule has 0 aliphatic carbocycles. The highest BCUT2D eigenvalue weighted by Gasteiger charge is 2.37. The topological polar surface area (TPSA) is 92.7 Å². The van der Waals surface area contributed by atoms with Gasteiger partial charge in [-0.1, -0.05) is 26.7 Å². The van der Waals surface area contributed by atoms with Gasteiger partial charge < -0.3 is 10.4 Å². The molecule has 1 heterocycles. The molecule has 1 aromatic carbocycles. The predicted octanol–water partition coefficient (Wildman–Crippen LogP) is 3.52. The third kappa shape index (κ3) is 4.73. The van der Waals surface area contributed by atoms with Gasteiger partial charge in [-0.3, -0.25) is 8.98 Å². The molecule has 6 nitrogen and oxygen atoms in total. The van der Waals surface area contributed by atoms with E-state index in [4.69, 9.17) is 9.29 Å². The fourth-order valence-corrected chi connectivity index (χ4v) is 3.92. The molecule has 0 aromatic heterocycles. The Labute approximate surface area is 149 Å². The molecule has 0 spiro atoms. The van der Waals surface area contributed by atoms with E-state index in [1.165, 1.54) is 0 Å². The van der Waals surface area contributed by atoms with Gasteiger partial charge in [0.05, 0.1) is 11.5 Å². The molecule has 0 radical (unpaired) electrons. The van der Waals surface area contributed by atoms with Crippen molar-refractivity contribution < 1.29 is 22.5 Å². The van der Waals surface area contributed by atoms with Gasteiger partial charge in [0.15, 0.2) is 0 Å². The Bertz CT molecular complexity index is 727. The van der Waals surface area contributed by atoms with Crippen molar-refractivity contribution in [2.75, 3.05) is 11.9 Å². The Balaban J connectivity index is 1.91. The first-order chi connectivity index (χ1) is 11.6. The molecule has 0 fully saturated rings. The Morgan fingerprint density at radius 1 is 1.24 bits per heavy atom. The minimum atomic E-state index is -3.78. The van der Waals surface area contributed by atoms with Crippen LogP contribution in [0.2, 0.25) is 0 Å². The lowest BCUT2D eigenvalue weighted by atomic mass is 9.81. The van der Waals surface area contributed by atoms with Gasteiger partial charge in [-0.05, 0) is 43.5 Å². The van der Waals surface area contributed by atoms with E-state index in [2.05, 4.69) is 26.1 Å².